The van der Waals surface area contributed by atoms with Crippen LogP contribution in [-0.2, 0) is 0 Å². The minimum atomic E-state index is -0.689. The first kappa shape index (κ1) is 23.8. The number of fused-ring (bicyclic) bond motifs is 2. The molecular weight excluding hydrogens is 439 g/mol. The summed E-state index contributed by atoms with van der Waals surface area (Å²) in [4.78, 5) is 30.5. The third-order valence-corrected chi connectivity index (χ3v) is 5.76. The summed E-state index contributed by atoms with van der Waals surface area (Å²) in [6.07, 6.45) is 0.848. The highest BCUT2D eigenvalue weighted by Gasteiger charge is 2.42. The number of benzene rings is 2. The second-order valence-corrected chi connectivity index (χ2v) is 8.51. The molecule has 0 spiro atoms. The molecule has 34 heavy (non-hydrogen) atoms. The first-order valence-electron chi connectivity index (χ1n) is 11.5. The molecule has 180 valence electrons. The van der Waals surface area contributed by atoms with Crippen molar-refractivity contribution in [3.8, 4) is 11.5 Å². The van der Waals surface area contributed by atoms with Crippen LogP contribution in [0.2, 0.25) is 0 Å². The first-order chi connectivity index (χ1) is 16.3. The SMILES string of the molecule is CCCOc1ccc(C2c3c(oc4ccc(F)cc4c3=O)C(=O)N2CCN(C)C)cc1OCC. The Balaban J connectivity index is 1.89. The molecule has 0 fully saturated rings. The van der Waals surface area contributed by atoms with E-state index < -0.39 is 17.3 Å². The fraction of sp³-hybridized carbons (Fsp3) is 0.385. The number of carbonyl (C=O) groups is 1. The topological polar surface area (TPSA) is 72.2 Å². The highest BCUT2D eigenvalue weighted by Crippen LogP contribution is 2.41. The molecule has 0 radical (unpaired) electrons. The average molecular weight is 469 g/mol. The van der Waals surface area contributed by atoms with E-state index in [0.717, 1.165) is 12.5 Å². The molecule has 1 amide bonds. The van der Waals surface area contributed by atoms with Crippen LogP contribution in [-0.4, -0.2) is 56.1 Å². The number of nitrogens with zero attached hydrogens (tertiary/aromatic N) is 2. The number of ether oxygens (including phenoxy) is 2. The minimum absolute atomic E-state index is 0.00265. The van der Waals surface area contributed by atoms with Crippen molar-refractivity contribution in [2.75, 3.05) is 40.4 Å². The summed E-state index contributed by atoms with van der Waals surface area (Å²) in [5, 5.41) is 0.110. The van der Waals surface area contributed by atoms with Gasteiger partial charge in [-0.3, -0.25) is 9.59 Å². The van der Waals surface area contributed by atoms with Crippen molar-refractivity contribution < 1.29 is 23.1 Å². The Bertz CT molecular complexity index is 1270. The van der Waals surface area contributed by atoms with Gasteiger partial charge >= 0.3 is 0 Å². The molecule has 1 atom stereocenters. The third kappa shape index (κ3) is 4.37. The van der Waals surface area contributed by atoms with E-state index in [0.29, 0.717) is 43.4 Å². The summed E-state index contributed by atoms with van der Waals surface area (Å²) in [6, 6.07) is 8.49. The number of halogens is 1. The van der Waals surface area contributed by atoms with Crippen LogP contribution in [0.4, 0.5) is 4.39 Å². The number of amides is 1. The lowest BCUT2D eigenvalue weighted by Crippen LogP contribution is -2.35. The van der Waals surface area contributed by atoms with E-state index in [1.807, 2.05) is 38.9 Å². The first-order valence-corrected chi connectivity index (χ1v) is 11.5. The molecule has 0 bridgehead atoms. The molecule has 3 aromatic rings. The molecule has 0 saturated carbocycles. The lowest BCUT2D eigenvalue weighted by Gasteiger charge is -2.27. The summed E-state index contributed by atoms with van der Waals surface area (Å²) in [6.45, 7) is 5.84. The minimum Gasteiger partial charge on any atom is -0.490 e. The molecule has 2 aromatic carbocycles. The Kier molecular flexibility index (Phi) is 6.88. The monoisotopic (exact) mass is 468 g/mol. The van der Waals surface area contributed by atoms with E-state index in [2.05, 4.69) is 0 Å². The molecule has 2 heterocycles. The van der Waals surface area contributed by atoms with Crippen molar-refractivity contribution in [2.24, 2.45) is 0 Å². The second kappa shape index (κ2) is 9.85. The zero-order valence-electron chi connectivity index (χ0n) is 19.9. The maximum Gasteiger partial charge on any atom is 0.290 e. The van der Waals surface area contributed by atoms with E-state index in [4.69, 9.17) is 13.9 Å². The van der Waals surface area contributed by atoms with Crippen molar-refractivity contribution in [3.63, 3.8) is 0 Å². The van der Waals surface area contributed by atoms with Crippen LogP contribution in [0.1, 0.15) is 48.0 Å². The maximum atomic E-state index is 13.9. The van der Waals surface area contributed by atoms with E-state index in [1.54, 1.807) is 17.0 Å². The van der Waals surface area contributed by atoms with Gasteiger partial charge in [-0.15, -0.1) is 0 Å². The summed E-state index contributed by atoms with van der Waals surface area (Å²) in [5.74, 6) is 0.232. The molecule has 1 aromatic heterocycles. The lowest BCUT2D eigenvalue weighted by atomic mass is 9.98. The molecule has 1 aliphatic rings. The lowest BCUT2D eigenvalue weighted by molar-refractivity contribution is 0.0716. The van der Waals surface area contributed by atoms with Crippen LogP contribution in [0.15, 0.2) is 45.6 Å². The zero-order valence-corrected chi connectivity index (χ0v) is 19.9. The zero-order chi connectivity index (χ0) is 24.4. The largest absolute Gasteiger partial charge is 0.490 e. The Morgan fingerprint density at radius 1 is 1.06 bits per heavy atom. The summed E-state index contributed by atoms with van der Waals surface area (Å²) >= 11 is 0. The summed E-state index contributed by atoms with van der Waals surface area (Å²) < 4.78 is 31.4. The van der Waals surface area contributed by atoms with Crippen molar-refractivity contribution in [2.45, 2.75) is 26.3 Å². The van der Waals surface area contributed by atoms with Gasteiger partial charge in [0, 0.05) is 13.1 Å². The van der Waals surface area contributed by atoms with Gasteiger partial charge in [-0.05, 0) is 63.3 Å². The molecule has 1 unspecified atom stereocenters. The van der Waals surface area contributed by atoms with E-state index >= 15 is 0 Å². The van der Waals surface area contributed by atoms with Gasteiger partial charge in [0.25, 0.3) is 5.91 Å². The number of rotatable bonds is 9. The molecule has 0 saturated heterocycles. The van der Waals surface area contributed by atoms with Gasteiger partial charge in [0.1, 0.15) is 11.4 Å². The van der Waals surface area contributed by atoms with E-state index in [9.17, 15) is 14.0 Å². The molecule has 8 heteroatoms. The van der Waals surface area contributed by atoms with Crippen LogP contribution < -0.4 is 14.9 Å². The maximum absolute atomic E-state index is 13.9. The normalized spacial score (nSPS) is 15.3. The summed E-state index contributed by atoms with van der Waals surface area (Å²) in [5.41, 5.74) is 0.684. The number of hydrogen-bond acceptors (Lipinski definition) is 6. The second-order valence-electron chi connectivity index (χ2n) is 8.51. The summed E-state index contributed by atoms with van der Waals surface area (Å²) in [7, 11) is 3.83. The van der Waals surface area contributed by atoms with Crippen molar-refractivity contribution in [3.05, 3.63) is 69.3 Å². The standard InChI is InChI=1S/C26H29FN2O5/c1-5-13-33-20-9-7-16(14-21(20)32-6-2)23-22-24(30)18-15-17(27)8-10-19(18)34-25(22)26(31)29(23)12-11-28(3)4/h7-10,14-15,23H,5-6,11-13H2,1-4H3. The smallest absolute Gasteiger partial charge is 0.290 e. The molecule has 7 nitrogen and oxygen atoms in total. The number of hydrogen-bond donors (Lipinski definition) is 0. The molecule has 1 aliphatic heterocycles. The van der Waals surface area contributed by atoms with Gasteiger partial charge < -0.3 is 23.7 Å². The van der Waals surface area contributed by atoms with Gasteiger partial charge in [-0.1, -0.05) is 13.0 Å². The molecule has 0 aliphatic carbocycles. The number of carbonyl (C=O) groups excluding carboxylic acids is 1. The Morgan fingerprint density at radius 3 is 2.56 bits per heavy atom. The van der Waals surface area contributed by atoms with Crippen molar-refractivity contribution in [1.29, 1.82) is 0 Å². The van der Waals surface area contributed by atoms with Crippen LogP contribution in [0.5, 0.6) is 11.5 Å². The Hall–Kier alpha value is -3.39. The molecule has 0 N–H and O–H groups in total. The van der Waals surface area contributed by atoms with Crippen LogP contribution in [0.3, 0.4) is 0 Å². The van der Waals surface area contributed by atoms with Crippen LogP contribution >= 0.6 is 0 Å². The average Bonchev–Trinajstić information content (AvgIpc) is 3.09. The number of likely N-dealkylation sites (N-methyl/N-ethyl adjacent to an activating group) is 1. The van der Waals surface area contributed by atoms with E-state index in [1.165, 1.54) is 12.1 Å². The van der Waals surface area contributed by atoms with E-state index in [-0.39, 0.29) is 28.2 Å². The molecular formula is C26H29FN2O5. The predicted octanol–water partition coefficient (Wildman–Crippen LogP) is 4.23. The third-order valence-electron chi connectivity index (χ3n) is 5.76. The van der Waals surface area contributed by atoms with Gasteiger partial charge in [0.15, 0.2) is 16.9 Å². The van der Waals surface area contributed by atoms with Gasteiger partial charge in [-0.25, -0.2) is 4.39 Å². The molecule has 4 rings (SSSR count). The van der Waals surface area contributed by atoms with Crippen molar-refractivity contribution in [1.82, 2.24) is 9.80 Å². The van der Waals surface area contributed by atoms with Crippen LogP contribution in [0, 0.1) is 5.82 Å². The predicted molar refractivity (Wildman–Crippen MR) is 127 cm³/mol. The highest BCUT2D eigenvalue weighted by atomic mass is 19.1. The highest BCUT2D eigenvalue weighted by molar-refractivity contribution is 5.99. The Morgan fingerprint density at radius 2 is 1.85 bits per heavy atom. The van der Waals surface area contributed by atoms with Gasteiger partial charge in [0.2, 0.25) is 5.76 Å². The quantitative estimate of drug-likeness (QED) is 0.468. The van der Waals surface area contributed by atoms with Gasteiger partial charge in [-0.2, -0.15) is 0 Å². The Labute approximate surface area is 197 Å². The fourth-order valence-corrected chi connectivity index (χ4v) is 4.17. The van der Waals surface area contributed by atoms with Gasteiger partial charge in [0.05, 0.1) is 30.2 Å². The van der Waals surface area contributed by atoms with Crippen LogP contribution in [0.25, 0.3) is 11.0 Å². The van der Waals surface area contributed by atoms with Crippen molar-refractivity contribution >= 4 is 16.9 Å². The fourth-order valence-electron chi connectivity index (χ4n) is 4.17.